The van der Waals surface area contributed by atoms with Crippen molar-refractivity contribution in [3.05, 3.63) is 50.0 Å². The third-order valence-electron chi connectivity index (χ3n) is 6.65. The normalized spacial score (nSPS) is 16.1. The average Bonchev–Trinajstić information content (AvgIpc) is 3.46. The van der Waals surface area contributed by atoms with Crippen LogP contribution in [-0.4, -0.2) is 58.2 Å². The summed E-state index contributed by atoms with van der Waals surface area (Å²) in [5.41, 5.74) is 6.02. The molecule has 0 radical (unpaired) electrons. The Morgan fingerprint density at radius 1 is 1.25 bits per heavy atom. The minimum Gasteiger partial charge on any atom is -0.369 e. The Morgan fingerprint density at radius 3 is 2.60 bits per heavy atom. The lowest BCUT2D eigenvalue weighted by Crippen LogP contribution is -2.39. The molecule has 1 aliphatic rings. The van der Waals surface area contributed by atoms with Gasteiger partial charge >= 0.3 is 6.18 Å². The Kier molecular flexibility index (Phi) is 8.65. The van der Waals surface area contributed by atoms with E-state index in [0.29, 0.717) is 11.7 Å². The van der Waals surface area contributed by atoms with Crippen LogP contribution in [0.5, 0.6) is 0 Å². The van der Waals surface area contributed by atoms with Crippen molar-refractivity contribution >= 4 is 51.5 Å². The summed E-state index contributed by atoms with van der Waals surface area (Å²) in [7, 11) is 0. The number of hydrogen-bond acceptors (Lipinski definition) is 7. The second-order valence-corrected chi connectivity index (χ2v) is 10.4. The van der Waals surface area contributed by atoms with Gasteiger partial charge in [0.15, 0.2) is 5.57 Å². The summed E-state index contributed by atoms with van der Waals surface area (Å²) in [4.78, 5) is 38.4. The summed E-state index contributed by atoms with van der Waals surface area (Å²) in [5, 5.41) is 15.2. The van der Waals surface area contributed by atoms with Crippen molar-refractivity contribution < 1.29 is 22.8 Å². The summed E-state index contributed by atoms with van der Waals surface area (Å²) in [5.74, 6) is -1.53. The first kappa shape index (κ1) is 28.9. The van der Waals surface area contributed by atoms with Gasteiger partial charge in [0.1, 0.15) is 21.8 Å². The van der Waals surface area contributed by atoms with Crippen LogP contribution in [0.3, 0.4) is 0 Å². The number of nitrogens with two attached hydrogens (primary N) is 1. The van der Waals surface area contributed by atoms with E-state index in [1.807, 2.05) is 30.5 Å². The monoisotopic (exact) mass is 575 g/mol. The summed E-state index contributed by atoms with van der Waals surface area (Å²) in [6.07, 6.45) is 0.639. The quantitative estimate of drug-likeness (QED) is 0.369. The number of carbonyl (C=O) groups is 2. The van der Waals surface area contributed by atoms with E-state index in [-0.39, 0.29) is 28.2 Å². The molecular formula is C26H28F3N7O3S. The molecule has 0 unspecified atom stereocenters. The Bertz CT molecular complexity index is 1640. The maximum absolute atomic E-state index is 12.9. The van der Waals surface area contributed by atoms with Crippen LogP contribution in [0.4, 0.5) is 18.9 Å². The number of thiazole rings is 1. The third-order valence-corrected chi connectivity index (χ3v) is 7.78. The van der Waals surface area contributed by atoms with Crippen molar-refractivity contribution in [1.29, 1.82) is 5.26 Å². The molecular weight excluding hydrogens is 547 g/mol. The molecule has 0 spiro atoms. The van der Waals surface area contributed by atoms with E-state index >= 15 is 0 Å². The highest BCUT2D eigenvalue weighted by Crippen LogP contribution is 2.29. The summed E-state index contributed by atoms with van der Waals surface area (Å²) in [6.45, 7) is 2.01. The number of nitrogens with zero attached hydrogens (tertiary/aromatic N) is 4. The molecule has 0 saturated carbocycles. The van der Waals surface area contributed by atoms with E-state index < -0.39 is 29.8 Å². The fourth-order valence-corrected chi connectivity index (χ4v) is 5.84. The Morgan fingerprint density at radius 2 is 1.98 bits per heavy atom. The predicted molar refractivity (Wildman–Crippen MR) is 146 cm³/mol. The van der Waals surface area contributed by atoms with Gasteiger partial charge in [0.2, 0.25) is 5.91 Å². The van der Waals surface area contributed by atoms with Gasteiger partial charge in [0.05, 0.1) is 6.54 Å². The van der Waals surface area contributed by atoms with Gasteiger partial charge in [-0.1, -0.05) is 0 Å². The summed E-state index contributed by atoms with van der Waals surface area (Å²) >= 11 is 0.848. The molecule has 1 aliphatic heterocycles. The number of rotatable bonds is 8. The second-order valence-electron chi connectivity index (χ2n) is 9.36. The van der Waals surface area contributed by atoms with Gasteiger partial charge in [-0.05, 0) is 44.0 Å². The van der Waals surface area contributed by atoms with Gasteiger partial charge in [-0.25, -0.2) is 0 Å². The molecule has 212 valence electrons. The summed E-state index contributed by atoms with van der Waals surface area (Å²) < 4.78 is 41.1. The number of halogens is 3. The van der Waals surface area contributed by atoms with Crippen LogP contribution >= 0.6 is 11.3 Å². The van der Waals surface area contributed by atoms with E-state index in [1.54, 1.807) is 18.3 Å². The van der Waals surface area contributed by atoms with Crippen molar-refractivity contribution in [3.8, 4) is 6.07 Å². The number of fused-ring (bicyclic) bond motifs is 1. The molecule has 3 heterocycles. The molecule has 4 N–H and O–H groups in total. The first-order valence-electron chi connectivity index (χ1n) is 12.6. The fourth-order valence-electron chi connectivity index (χ4n) is 4.75. The first-order valence-corrected chi connectivity index (χ1v) is 13.4. The van der Waals surface area contributed by atoms with Crippen molar-refractivity contribution in [1.82, 2.24) is 19.4 Å². The minimum atomic E-state index is -4.63. The Balaban J connectivity index is 1.56. The Labute approximate surface area is 230 Å². The highest BCUT2D eigenvalue weighted by molar-refractivity contribution is 7.07. The van der Waals surface area contributed by atoms with E-state index in [4.69, 9.17) is 5.73 Å². The lowest BCUT2D eigenvalue weighted by molar-refractivity contribution is -0.135. The molecule has 40 heavy (non-hydrogen) atoms. The second kappa shape index (κ2) is 12.0. The van der Waals surface area contributed by atoms with Crippen molar-refractivity contribution in [2.24, 2.45) is 5.73 Å². The number of benzene rings is 1. The first-order chi connectivity index (χ1) is 19.0. The molecule has 2 amide bonds. The van der Waals surface area contributed by atoms with Gasteiger partial charge in [-0.3, -0.25) is 23.9 Å². The van der Waals surface area contributed by atoms with E-state index in [2.05, 4.69) is 14.8 Å². The van der Waals surface area contributed by atoms with Crippen LogP contribution < -0.4 is 31.1 Å². The standard InChI is InChI=1S/C26H28F3N7O3S/c1-2-35-24(39)21(40-25(35)19(12-30)23(38)33-15-26(27,28)29)13-32-17-3-4-20-16(11-17)5-10-36(20)18-6-8-34(9-7-18)14-22(31)37/h3-5,10-11,13,18,32H,2,6-9,14-15H2,1H3,(H2,31,37)(H,33,38)/b21-13-,25-19+. The lowest BCUT2D eigenvalue weighted by Gasteiger charge is -2.32. The van der Waals surface area contributed by atoms with Crippen molar-refractivity contribution in [2.45, 2.75) is 38.5 Å². The van der Waals surface area contributed by atoms with Gasteiger partial charge in [-0.15, -0.1) is 11.3 Å². The molecule has 1 aromatic carbocycles. The van der Waals surface area contributed by atoms with Crippen LogP contribution in [0.1, 0.15) is 25.8 Å². The summed E-state index contributed by atoms with van der Waals surface area (Å²) in [6, 6.07) is 9.68. The number of likely N-dealkylation sites (tertiary alicyclic amines) is 1. The largest absolute Gasteiger partial charge is 0.405 e. The number of hydrogen-bond donors (Lipinski definition) is 3. The van der Waals surface area contributed by atoms with Crippen LogP contribution in [0.2, 0.25) is 0 Å². The fraction of sp³-hybridized carbons (Fsp3) is 0.385. The van der Waals surface area contributed by atoms with Crippen LogP contribution in [0, 0.1) is 11.3 Å². The highest BCUT2D eigenvalue weighted by Gasteiger charge is 2.29. The van der Waals surface area contributed by atoms with Gasteiger partial charge < -0.3 is 20.9 Å². The van der Waals surface area contributed by atoms with Crippen molar-refractivity contribution in [3.63, 3.8) is 0 Å². The van der Waals surface area contributed by atoms with Gasteiger partial charge in [0.25, 0.3) is 11.5 Å². The molecule has 1 saturated heterocycles. The van der Waals surface area contributed by atoms with E-state index in [1.165, 1.54) is 10.8 Å². The number of piperidine rings is 1. The zero-order chi connectivity index (χ0) is 29.0. The number of amides is 2. The molecule has 4 rings (SSSR count). The van der Waals surface area contributed by atoms with Crippen LogP contribution in [0.15, 0.2) is 35.3 Å². The van der Waals surface area contributed by atoms with E-state index in [9.17, 15) is 32.8 Å². The Hall–Kier alpha value is -4.09. The average molecular weight is 576 g/mol. The number of nitrogens with one attached hydrogen (secondary N) is 2. The predicted octanol–water partition coefficient (Wildman–Crippen LogP) is 1.21. The number of aromatic nitrogens is 2. The van der Waals surface area contributed by atoms with Crippen LogP contribution in [-0.2, 0) is 16.1 Å². The molecule has 0 bridgehead atoms. The molecule has 10 nitrogen and oxygen atoms in total. The van der Waals surface area contributed by atoms with E-state index in [0.717, 1.165) is 48.2 Å². The number of anilines is 1. The molecule has 3 aromatic rings. The van der Waals surface area contributed by atoms with Gasteiger partial charge in [0, 0.05) is 54.7 Å². The number of nitriles is 1. The third kappa shape index (κ3) is 6.54. The number of primary amides is 1. The van der Waals surface area contributed by atoms with Crippen molar-refractivity contribution in [2.75, 3.05) is 31.5 Å². The molecule has 0 atom stereocenters. The molecule has 14 heteroatoms. The topological polar surface area (TPSA) is 138 Å². The molecule has 1 fully saturated rings. The molecule has 2 aromatic heterocycles. The lowest BCUT2D eigenvalue weighted by atomic mass is 10.0. The zero-order valence-corrected chi connectivity index (χ0v) is 22.4. The zero-order valence-electron chi connectivity index (χ0n) is 21.6. The minimum absolute atomic E-state index is 0.0165. The number of carbonyl (C=O) groups excluding carboxylic acids is 2. The SMILES string of the molecule is CCn1c(=O)/c(=C/Nc2ccc3c(ccn3C3CCN(CC(N)=O)CC3)c2)s/c1=C(\C#N)C(=O)NCC(F)(F)F. The smallest absolute Gasteiger partial charge is 0.369 e. The molecule has 0 aliphatic carbocycles. The number of alkyl halides is 3. The maximum Gasteiger partial charge on any atom is 0.405 e. The van der Waals surface area contributed by atoms with Gasteiger partial charge in [-0.2, -0.15) is 18.4 Å². The highest BCUT2D eigenvalue weighted by atomic mass is 32.1. The maximum atomic E-state index is 12.9. The van der Waals surface area contributed by atoms with Crippen LogP contribution in [0.25, 0.3) is 22.7 Å².